The van der Waals surface area contributed by atoms with Gasteiger partial charge in [-0.3, -0.25) is 4.98 Å². The first-order chi connectivity index (χ1) is 7.79. The molecule has 0 aliphatic heterocycles. The van der Waals surface area contributed by atoms with Crippen LogP contribution in [0, 0.1) is 11.3 Å². The van der Waals surface area contributed by atoms with Gasteiger partial charge in [0, 0.05) is 10.7 Å². The van der Waals surface area contributed by atoms with Gasteiger partial charge in [-0.25, -0.2) is 8.78 Å². The van der Waals surface area contributed by atoms with Crippen LogP contribution in [0.3, 0.4) is 0 Å². The van der Waals surface area contributed by atoms with E-state index >= 15 is 0 Å². The molecule has 0 N–H and O–H groups in total. The third-order valence-electron chi connectivity index (χ3n) is 1.88. The molecule has 92 valence electrons. The zero-order chi connectivity index (χ0) is 13.2. The van der Waals surface area contributed by atoms with Gasteiger partial charge in [0.1, 0.15) is 5.69 Å². The molecule has 0 fully saturated rings. The smallest absolute Gasteiger partial charge is 0.254 e. The van der Waals surface area contributed by atoms with Crippen LogP contribution in [0.25, 0.3) is 0 Å². The van der Waals surface area contributed by atoms with Crippen LogP contribution in [0.2, 0.25) is 0 Å². The molecule has 0 aromatic carbocycles. The quantitative estimate of drug-likeness (QED) is 0.777. The maximum Gasteiger partial charge on any atom is 0.419 e. The van der Waals surface area contributed by atoms with E-state index in [0.717, 1.165) is 6.20 Å². The van der Waals surface area contributed by atoms with Gasteiger partial charge in [-0.15, -0.1) is 0 Å². The normalized spacial score (nSPS) is 11.6. The van der Waals surface area contributed by atoms with E-state index in [9.17, 15) is 22.0 Å². The fourth-order valence-corrected chi connectivity index (χ4v) is 1.86. The van der Waals surface area contributed by atoms with Gasteiger partial charge in [0.25, 0.3) is 6.43 Å². The lowest BCUT2D eigenvalue weighted by Gasteiger charge is -2.15. The zero-order valence-corrected chi connectivity index (χ0v) is 9.61. The van der Waals surface area contributed by atoms with Gasteiger partial charge in [0.05, 0.1) is 18.1 Å². The molecule has 1 aromatic rings. The van der Waals surface area contributed by atoms with Crippen LogP contribution in [0.15, 0.2) is 10.7 Å². The molecule has 0 bridgehead atoms. The minimum Gasteiger partial charge on any atom is -0.254 e. The third-order valence-corrected chi connectivity index (χ3v) is 2.78. The molecule has 1 aromatic heterocycles. The molecule has 1 rings (SSSR count). The number of hydrogen-bond acceptors (Lipinski definition) is 2. The topological polar surface area (TPSA) is 36.7 Å². The summed E-state index contributed by atoms with van der Waals surface area (Å²) in [4.78, 5) is 3.07. The van der Waals surface area contributed by atoms with Gasteiger partial charge in [-0.05, 0) is 21.5 Å². The Bertz CT molecular complexity index is 464. The van der Waals surface area contributed by atoms with E-state index in [4.69, 9.17) is 5.26 Å². The van der Waals surface area contributed by atoms with Crippen molar-refractivity contribution in [1.29, 1.82) is 5.26 Å². The first kappa shape index (κ1) is 13.8. The van der Waals surface area contributed by atoms with Gasteiger partial charge in [-0.1, -0.05) is 0 Å². The molecular weight excluding hydrogens is 311 g/mol. The van der Waals surface area contributed by atoms with Crippen LogP contribution in [0.5, 0.6) is 0 Å². The monoisotopic (exact) mass is 314 g/mol. The first-order valence-electron chi connectivity index (χ1n) is 4.18. The van der Waals surface area contributed by atoms with E-state index in [-0.39, 0.29) is 12.0 Å². The minimum absolute atomic E-state index is 0.0794. The van der Waals surface area contributed by atoms with E-state index in [1.807, 2.05) is 0 Å². The average Bonchev–Trinajstić information content (AvgIpc) is 2.18. The fourth-order valence-electron chi connectivity index (χ4n) is 1.19. The van der Waals surface area contributed by atoms with Crippen LogP contribution >= 0.6 is 15.9 Å². The zero-order valence-electron chi connectivity index (χ0n) is 8.02. The standard InChI is InChI=1S/C9H4BrF5N2/c10-6-4(1-2-16)3-17-7(8(11)12)5(6)9(13,14)15/h3,8H,1H2. The summed E-state index contributed by atoms with van der Waals surface area (Å²) < 4.78 is 62.1. The lowest BCUT2D eigenvalue weighted by molar-refractivity contribution is -0.140. The maximum atomic E-state index is 12.6. The maximum absolute atomic E-state index is 12.6. The summed E-state index contributed by atoms with van der Waals surface area (Å²) >= 11 is 2.59. The predicted molar refractivity (Wildman–Crippen MR) is 51.2 cm³/mol. The Morgan fingerprint density at radius 2 is 2.00 bits per heavy atom. The van der Waals surface area contributed by atoms with Gasteiger partial charge in [0.15, 0.2) is 0 Å². The Morgan fingerprint density at radius 1 is 1.41 bits per heavy atom. The van der Waals surface area contributed by atoms with Gasteiger partial charge >= 0.3 is 6.18 Å². The second kappa shape index (κ2) is 4.96. The molecule has 17 heavy (non-hydrogen) atoms. The van der Waals surface area contributed by atoms with Crippen molar-refractivity contribution in [2.75, 3.05) is 0 Å². The van der Waals surface area contributed by atoms with E-state index in [0.29, 0.717) is 0 Å². The molecule has 0 aliphatic rings. The second-order valence-corrected chi connectivity index (χ2v) is 3.78. The molecule has 0 spiro atoms. The molecular formula is C9H4BrF5N2. The number of rotatable bonds is 2. The molecule has 0 radical (unpaired) electrons. The third kappa shape index (κ3) is 2.91. The molecule has 0 atom stereocenters. The lowest BCUT2D eigenvalue weighted by atomic mass is 10.1. The van der Waals surface area contributed by atoms with Crippen LogP contribution in [0.1, 0.15) is 23.2 Å². The number of hydrogen-bond donors (Lipinski definition) is 0. The number of alkyl halides is 5. The fraction of sp³-hybridized carbons (Fsp3) is 0.333. The van der Waals surface area contributed by atoms with Crippen molar-refractivity contribution in [1.82, 2.24) is 4.98 Å². The van der Waals surface area contributed by atoms with Crippen LogP contribution in [0.4, 0.5) is 22.0 Å². The molecule has 0 aliphatic carbocycles. The number of pyridine rings is 1. The number of nitriles is 1. The molecule has 0 unspecified atom stereocenters. The van der Waals surface area contributed by atoms with Crippen molar-refractivity contribution in [3.8, 4) is 6.07 Å². The lowest BCUT2D eigenvalue weighted by Crippen LogP contribution is -2.14. The average molecular weight is 315 g/mol. The summed E-state index contributed by atoms with van der Waals surface area (Å²) in [5, 5.41) is 8.39. The van der Waals surface area contributed by atoms with Crippen LogP contribution in [-0.4, -0.2) is 4.98 Å². The van der Waals surface area contributed by atoms with Crippen molar-refractivity contribution >= 4 is 15.9 Å². The van der Waals surface area contributed by atoms with Gasteiger partial charge < -0.3 is 0 Å². The second-order valence-electron chi connectivity index (χ2n) is 2.99. The Morgan fingerprint density at radius 3 is 2.41 bits per heavy atom. The summed E-state index contributed by atoms with van der Waals surface area (Å²) in [5.41, 5.74) is -2.95. The summed E-state index contributed by atoms with van der Waals surface area (Å²) in [6, 6.07) is 1.63. The molecule has 0 amide bonds. The SMILES string of the molecule is N#CCc1cnc(C(F)F)c(C(F)(F)F)c1Br. The van der Waals surface area contributed by atoms with Crippen molar-refractivity contribution in [2.45, 2.75) is 19.0 Å². The van der Waals surface area contributed by atoms with Crippen molar-refractivity contribution in [3.05, 3.63) is 27.5 Å². The largest absolute Gasteiger partial charge is 0.419 e. The minimum atomic E-state index is -4.96. The van der Waals surface area contributed by atoms with Crippen LogP contribution in [-0.2, 0) is 12.6 Å². The van der Waals surface area contributed by atoms with Gasteiger partial charge in [-0.2, -0.15) is 18.4 Å². The van der Waals surface area contributed by atoms with Crippen LogP contribution < -0.4 is 0 Å². The molecule has 1 heterocycles. The first-order valence-corrected chi connectivity index (χ1v) is 4.98. The van der Waals surface area contributed by atoms with Crippen molar-refractivity contribution in [2.24, 2.45) is 0 Å². The number of halogens is 6. The summed E-state index contributed by atoms with van der Waals surface area (Å²) in [7, 11) is 0. The summed E-state index contributed by atoms with van der Waals surface area (Å²) in [5.74, 6) is 0. The Hall–Kier alpha value is -1.23. The van der Waals surface area contributed by atoms with E-state index in [2.05, 4.69) is 20.9 Å². The Labute approximate surface area is 101 Å². The van der Waals surface area contributed by atoms with E-state index in [1.165, 1.54) is 0 Å². The van der Waals surface area contributed by atoms with E-state index < -0.39 is 28.3 Å². The summed E-state index contributed by atoms with van der Waals surface area (Å²) in [6.07, 6.45) is -7.80. The molecule has 0 saturated heterocycles. The predicted octanol–water partition coefficient (Wildman–Crippen LogP) is 3.87. The van der Waals surface area contributed by atoms with Crippen molar-refractivity contribution < 1.29 is 22.0 Å². The Balaban J connectivity index is 3.49. The molecule has 8 heteroatoms. The summed E-state index contributed by atoms with van der Waals surface area (Å²) in [6.45, 7) is 0. The highest BCUT2D eigenvalue weighted by atomic mass is 79.9. The highest BCUT2D eigenvalue weighted by molar-refractivity contribution is 9.10. The molecule has 2 nitrogen and oxygen atoms in total. The van der Waals surface area contributed by atoms with E-state index in [1.54, 1.807) is 6.07 Å². The highest BCUT2D eigenvalue weighted by Gasteiger charge is 2.39. The highest BCUT2D eigenvalue weighted by Crippen LogP contribution is 2.41. The number of nitrogens with zero attached hydrogens (tertiary/aromatic N) is 2. The molecule has 0 saturated carbocycles. The Kier molecular flexibility index (Phi) is 4.03. The number of aromatic nitrogens is 1. The van der Waals surface area contributed by atoms with Crippen molar-refractivity contribution in [3.63, 3.8) is 0 Å². The van der Waals surface area contributed by atoms with Gasteiger partial charge in [0.2, 0.25) is 0 Å².